The van der Waals surface area contributed by atoms with Crippen molar-refractivity contribution in [1.82, 2.24) is 0 Å². The van der Waals surface area contributed by atoms with Gasteiger partial charge in [0.05, 0.1) is 0 Å². The molecule has 24 heavy (non-hydrogen) atoms. The van der Waals surface area contributed by atoms with Crippen molar-refractivity contribution in [3.8, 4) is 11.1 Å². The van der Waals surface area contributed by atoms with Crippen LogP contribution in [0.15, 0.2) is 60.7 Å². The quantitative estimate of drug-likeness (QED) is 0.330. The van der Waals surface area contributed by atoms with Crippen LogP contribution < -0.4 is 0 Å². The number of benzene rings is 3. The molecule has 4 aromatic rings. The van der Waals surface area contributed by atoms with Crippen LogP contribution in [0.1, 0.15) is 26.3 Å². The molecule has 0 aliphatic rings. The van der Waals surface area contributed by atoms with Gasteiger partial charge in [0.15, 0.2) is 0 Å². The first-order valence-electron chi connectivity index (χ1n) is 8.15. The molecule has 0 saturated carbocycles. The lowest BCUT2D eigenvalue weighted by Crippen LogP contribution is -2.10. The number of rotatable bonds is 1. The van der Waals surface area contributed by atoms with Crippen LogP contribution in [0.25, 0.3) is 31.3 Å². The minimum Gasteiger partial charge on any atom is -0.135 e. The second kappa shape index (κ2) is 5.61. The molecule has 1 heterocycles. The maximum atomic E-state index is 6.21. The summed E-state index contributed by atoms with van der Waals surface area (Å²) >= 11 is 8.08. The smallest absolute Gasteiger partial charge is 0.0412 e. The number of fused-ring (bicyclic) bond motifs is 3. The van der Waals surface area contributed by atoms with E-state index in [9.17, 15) is 0 Å². The molecule has 0 radical (unpaired) electrons. The van der Waals surface area contributed by atoms with Crippen LogP contribution in [0, 0.1) is 0 Å². The molecule has 0 bridgehead atoms. The molecule has 0 atom stereocenters. The molecule has 0 N–H and O–H groups in total. The lowest BCUT2D eigenvalue weighted by atomic mass is 9.86. The van der Waals surface area contributed by atoms with Gasteiger partial charge < -0.3 is 0 Å². The van der Waals surface area contributed by atoms with Crippen molar-refractivity contribution in [3.63, 3.8) is 0 Å². The SMILES string of the molecule is CC(C)(C)c1ccc2c(c1)sc1cccc(-c3cccc(Cl)c3)c12. The van der Waals surface area contributed by atoms with E-state index < -0.39 is 0 Å². The van der Waals surface area contributed by atoms with Crippen LogP contribution in [0.4, 0.5) is 0 Å². The zero-order chi connectivity index (χ0) is 16.9. The number of halogens is 1. The third kappa shape index (κ3) is 2.62. The Bertz CT molecular complexity index is 1050. The molecule has 0 aliphatic heterocycles. The van der Waals surface area contributed by atoms with E-state index in [2.05, 4.69) is 63.2 Å². The average Bonchev–Trinajstić information content (AvgIpc) is 2.91. The molecule has 0 fully saturated rings. The van der Waals surface area contributed by atoms with Gasteiger partial charge in [0.1, 0.15) is 0 Å². The van der Waals surface area contributed by atoms with Gasteiger partial charge in [-0.2, -0.15) is 0 Å². The molecule has 120 valence electrons. The van der Waals surface area contributed by atoms with Gasteiger partial charge in [0, 0.05) is 25.2 Å². The average molecular weight is 351 g/mol. The number of hydrogen-bond acceptors (Lipinski definition) is 1. The van der Waals surface area contributed by atoms with Gasteiger partial charge in [-0.3, -0.25) is 0 Å². The number of hydrogen-bond donors (Lipinski definition) is 0. The van der Waals surface area contributed by atoms with E-state index in [0.717, 1.165) is 5.02 Å². The Balaban J connectivity index is 2.03. The van der Waals surface area contributed by atoms with Crippen LogP contribution in [-0.2, 0) is 5.41 Å². The standard InChI is InChI=1S/C22H19ClS/c1-22(2,3)15-10-11-18-20(13-15)24-19-9-5-8-17(21(18)19)14-6-4-7-16(23)12-14/h4-13H,1-3H3. The third-order valence-electron chi connectivity index (χ3n) is 4.50. The summed E-state index contributed by atoms with van der Waals surface area (Å²) in [6.45, 7) is 6.79. The van der Waals surface area contributed by atoms with E-state index >= 15 is 0 Å². The molecule has 4 rings (SSSR count). The summed E-state index contributed by atoms with van der Waals surface area (Å²) < 4.78 is 2.68. The van der Waals surface area contributed by atoms with Crippen LogP contribution in [0.3, 0.4) is 0 Å². The van der Waals surface area contributed by atoms with Gasteiger partial charge >= 0.3 is 0 Å². The van der Waals surface area contributed by atoms with Crippen molar-refractivity contribution in [2.24, 2.45) is 0 Å². The summed E-state index contributed by atoms with van der Waals surface area (Å²) in [7, 11) is 0. The van der Waals surface area contributed by atoms with Crippen molar-refractivity contribution >= 4 is 43.1 Å². The molecule has 0 spiro atoms. The van der Waals surface area contributed by atoms with Gasteiger partial charge in [-0.1, -0.05) is 68.8 Å². The van der Waals surface area contributed by atoms with E-state index in [4.69, 9.17) is 11.6 Å². The normalized spacial score (nSPS) is 12.2. The Morgan fingerprint density at radius 1 is 0.833 bits per heavy atom. The fraction of sp³-hybridized carbons (Fsp3) is 0.182. The highest BCUT2D eigenvalue weighted by Crippen LogP contribution is 2.41. The first-order valence-corrected chi connectivity index (χ1v) is 9.35. The summed E-state index contributed by atoms with van der Waals surface area (Å²) in [4.78, 5) is 0. The second-order valence-electron chi connectivity index (χ2n) is 7.25. The molecule has 2 heteroatoms. The molecule has 3 aromatic carbocycles. The highest BCUT2D eigenvalue weighted by atomic mass is 35.5. The lowest BCUT2D eigenvalue weighted by Gasteiger charge is -2.18. The van der Waals surface area contributed by atoms with Gasteiger partial charge in [-0.15, -0.1) is 11.3 Å². The van der Waals surface area contributed by atoms with E-state index in [1.165, 1.54) is 36.9 Å². The van der Waals surface area contributed by atoms with Gasteiger partial charge in [0.2, 0.25) is 0 Å². The van der Waals surface area contributed by atoms with Gasteiger partial charge in [0.25, 0.3) is 0 Å². The minimum atomic E-state index is 0.167. The Hall–Kier alpha value is -1.83. The van der Waals surface area contributed by atoms with Crippen molar-refractivity contribution in [2.75, 3.05) is 0 Å². The van der Waals surface area contributed by atoms with Crippen molar-refractivity contribution in [1.29, 1.82) is 0 Å². The summed E-state index contributed by atoms with van der Waals surface area (Å²) in [5, 5.41) is 3.44. The highest BCUT2D eigenvalue weighted by molar-refractivity contribution is 7.25. The van der Waals surface area contributed by atoms with Gasteiger partial charge in [-0.05, 0) is 46.4 Å². The summed E-state index contributed by atoms with van der Waals surface area (Å²) in [5.74, 6) is 0. The molecule has 1 aromatic heterocycles. The van der Waals surface area contributed by atoms with Crippen molar-refractivity contribution in [2.45, 2.75) is 26.2 Å². The highest BCUT2D eigenvalue weighted by Gasteiger charge is 2.16. The number of thiophene rings is 1. The molecule has 0 saturated heterocycles. The van der Waals surface area contributed by atoms with Crippen molar-refractivity contribution in [3.05, 3.63) is 71.2 Å². The Labute approximate surface area is 151 Å². The third-order valence-corrected chi connectivity index (χ3v) is 5.85. The van der Waals surface area contributed by atoms with Crippen molar-refractivity contribution < 1.29 is 0 Å². The molecule has 0 amide bonds. The topological polar surface area (TPSA) is 0 Å². The Morgan fingerprint density at radius 2 is 1.62 bits per heavy atom. The van der Waals surface area contributed by atoms with Crippen LogP contribution in [-0.4, -0.2) is 0 Å². The fourth-order valence-electron chi connectivity index (χ4n) is 3.19. The molecule has 0 aliphatic carbocycles. The van der Waals surface area contributed by atoms with Crippen LogP contribution in [0.2, 0.25) is 5.02 Å². The first kappa shape index (κ1) is 15.7. The van der Waals surface area contributed by atoms with Crippen LogP contribution in [0.5, 0.6) is 0 Å². The monoisotopic (exact) mass is 350 g/mol. The lowest BCUT2D eigenvalue weighted by molar-refractivity contribution is 0.591. The van der Waals surface area contributed by atoms with Crippen LogP contribution >= 0.6 is 22.9 Å². The molecule has 0 nitrogen and oxygen atoms in total. The molecular formula is C22H19ClS. The summed E-state index contributed by atoms with van der Waals surface area (Å²) in [5.41, 5.74) is 3.98. The zero-order valence-corrected chi connectivity index (χ0v) is 15.6. The first-order chi connectivity index (χ1) is 11.4. The second-order valence-corrected chi connectivity index (χ2v) is 8.77. The van der Waals surface area contributed by atoms with E-state index in [0.29, 0.717) is 0 Å². The van der Waals surface area contributed by atoms with E-state index in [1.807, 2.05) is 29.5 Å². The maximum Gasteiger partial charge on any atom is 0.0412 e. The van der Waals surface area contributed by atoms with E-state index in [1.54, 1.807) is 0 Å². The minimum absolute atomic E-state index is 0.167. The summed E-state index contributed by atoms with van der Waals surface area (Å²) in [6.07, 6.45) is 0. The van der Waals surface area contributed by atoms with Gasteiger partial charge in [-0.25, -0.2) is 0 Å². The maximum absolute atomic E-state index is 6.21. The molecule has 0 unspecified atom stereocenters. The van der Waals surface area contributed by atoms with E-state index in [-0.39, 0.29) is 5.41 Å². The largest absolute Gasteiger partial charge is 0.135 e. The Kier molecular flexibility index (Phi) is 3.67. The Morgan fingerprint density at radius 3 is 2.38 bits per heavy atom. The predicted molar refractivity (Wildman–Crippen MR) is 108 cm³/mol. The predicted octanol–water partition coefficient (Wildman–Crippen LogP) is 7.67. The molecular weight excluding hydrogens is 332 g/mol. The summed E-state index contributed by atoms with van der Waals surface area (Å²) in [6, 6.07) is 21.6. The zero-order valence-electron chi connectivity index (χ0n) is 14.1. The fourth-order valence-corrected chi connectivity index (χ4v) is 4.55.